The molecule has 0 aromatic carbocycles. The number of halogens is 7. The van der Waals surface area contributed by atoms with Crippen LogP contribution in [0.2, 0.25) is 0 Å². The zero-order valence-electron chi connectivity index (χ0n) is 6.71. The fraction of sp³-hybridized carbons (Fsp3) is 0.667. The maximum Gasteiger partial charge on any atom is 0.376 e. The molecule has 0 spiro atoms. The van der Waals surface area contributed by atoms with Crippen molar-refractivity contribution in [2.45, 2.75) is 18.3 Å². The average molecular weight is 226 g/mol. The highest BCUT2D eigenvalue weighted by molar-refractivity contribution is 5.09. The van der Waals surface area contributed by atoms with Crippen molar-refractivity contribution in [2.75, 3.05) is 7.11 Å². The SMILES string of the molecule is COC=C(F)C(F)(F)C(F)(F)C(F)F. The summed E-state index contributed by atoms with van der Waals surface area (Å²) in [5, 5.41) is 0. The van der Waals surface area contributed by atoms with Gasteiger partial charge in [-0.15, -0.1) is 0 Å². The minimum absolute atomic E-state index is 0.365. The van der Waals surface area contributed by atoms with Crippen molar-refractivity contribution in [1.29, 1.82) is 0 Å². The van der Waals surface area contributed by atoms with E-state index in [2.05, 4.69) is 4.74 Å². The molecule has 0 aromatic heterocycles. The van der Waals surface area contributed by atoms with Crippen molar-refractivity contribution in [3.8, 4) is 0 Å². The van der Waals surface area contributed by atoms with Gasteiger partial charge in [-0.25, -0.2) is 13.2 Å². The Balaban J connectivity index is 5.03. The third-order valence-corrected chi connectivity index (χ3v) is 1.21. The summed E-state index contributed by atoms with van der Waals surface area (Å²) in [6.07, 6.45) is -5.04. The Morgan fingerprint density at radius 2 is 1.64 bits per heavy atom. The summed E-state index contributed by atoms with van der Waals surface area (Å²) in [6.45, 7) is 0. The van der Waals surface area contributed by atoms with Crippen LogP contribution in [0.5, 0.6) is 0 Å². The van der Waals surface area contributed by atoms with E-state index < -0.39 is 24.1 Å². The summed E-state index contributed by atoms with van der Waals surface area (Å²) < 4.78 is 87.4. The number of hydrogen-bond donors (Lipinski definition) is 0. The van der Waals surface area contributed by atoms with Gasteiger partial charge in [0, 0.05) is 0 Å². The molecule has 0 atom stereocenters. The van der Waals surface area contributed by atoms with Gasteiger partial charge in [-0.1, -0.05) is 0 Å². The van der Waals surface area contributed by atoms with Crippen LogP contribution in [0.3, 0.4) is 0 Å². The van der Waals surface area contributed by atoms with Crippen LogP contribution >= 0.6 is 0 Å². The number of alkyl halides is 6. The van der Waals surface area contributed by atoms with Gasteiger partial charge in [0.05, 0.1) is 7.11 Å². The van der Waals surface area contributed by atoms with Gasteiger partial charge in [0.2, 0.25) is 5.83 Å². The van der Waals surface area contributed by atoms with E-state index in [0.29, 0.717) is 7.11 Å². The van der Waals surface area contributed by atoms with E-state index in [1.807, 2.05) is 0 Å². The molecule has 8 heteroatoms. The van der Waals surface area contributed by atoms with Gasteiger partial charge in [-0.2, -0.15) is 17.6 Å². The Kier molecular flexibility index (Phi) is 3.78. The van der Waals surface area contributed by atoms with Gasteiger partial charge in [0.25, 0.3) is 0 Å². The fourth-order valence-corrected chi connectivity index (χ4v) is 0.474. The molecule has 0 N–H and O–H groups in total. The van der Waals surface area contributed by atoms with Crippen LogP contribution < -0.4 is 0 Å². The molecule has 0 unspecified atom stereocenters. The molecule has 0 fully saturated rings. The molecule has 14 heavy (non-hydrogen) atoms. The molecule has 0 aliphatic carbocycles. The molecule has 84 valence electrons. The largest absolute Gasteiger partial charge is 0.501 e. The third-order valence-electron chi connectivity index (χ3n) is 1.21. The molecule has 0 saturated heterocycles. The average Bonchev–Trinajstić information content (AvgIpc) is 2.04. The van der Waals surface area contributed by atoms with E-state index >= 15 is 0 Å². The van der Waals surface area contributed by atoms with Crippen molar-refractivity contribution in [3.63, 3.8) is 0 Å². The maximum absolute atomic E-state index is 12.3. The Bertz CT molecular complexity index is 222. The lowest BCUT2D eigenvalue weighted by Crippen LogP contribution is -2.46. The fourth-order valence-electron chi connectivity index (χ4n) is 0.474. The second-order valence-electron chi connectivity index (χ2n) is 2.20. The standard InChI is InChI=1S/C6H5F7O/c1-14-2-3(7)5(10,11)6(12,13)4(8)9/h2,4H,1H3. The summed E-state index contributed by atoms with van der Waals surface area (Å²) in [6, 6.07) is 0. The van der Waals surface area contributed by atoms with Gasteiger partial charge in [-0.05, 0) is 0 Å². The molecule has 0 amide bonds. The Hall–Kier alpha value is -0.950. The quantitative estimate of drug-likeness (QED) is 0.529. The predicted molar refractivity (Wildman–Crippen MR) is 32.1 cm³/mol. The molecule has 0 aromatic rings. The molecule has 0 aliphatic rings. The Morgan fingerprint density at radius 3 is 1.93 bits per heavy atom. The predicted octanol–water partition coefficient (Wildman–Crippen LogP) is 2.98. The minimum Gasteiger partial charge on any atom is -0.501 e. The zero-order chi connectivity index (χ0) is 11.6. The molecule has 1 nitrogen and oxygen atoms in total. The van der Waals surface area contributed by atoms with Crippen LogP contribution in [-0.2, 0) is 4.74 Å². The Labute approximate surface area is 74.1 Å². The third kappa shape index (κ3) is 2.10. The second-order valence-corrected chi connectivity index (χ2v) is 2.20. The highest BCUT2D eigenvalue weighted by Crippen LogP contribution is 2.44. The zero-order valence-corrected chi connectivity index (χ0v) is 6.71. The van der Waals surface area contributed by atoms with Gasteiger partial charge < -0.3 is 4.74 Å². The van der Waals surface area contributed by atoms with Crippen LogP contribution in [0.4, 0.5) is 30.7 Å². The first-order valence-corrected chi connectivity index (χ1v) is 3.10. The minimum atomic E-state index is -5.77. The highest BCUT2D eigenvalue weighted by Gasteiger charge is 2.66. The second kappa shape index (κ2) is 4.05. The number of allylic oxidation sites excluding steroid dienone is 1. The van der Waals surface area contributed by atoms with Crippen LogP contribution in [-0.4, -0.2) is 25.4 Å². The summed E-state index contributed by atoms with van der Waals surface area (Å²) in [5.74, 6) is -14.1. The lowest BCUT2D eigenvalue weighted by molar-refractivity contribution is -0.253. The van der Waals surface area contributed by atoms with Gasteiger partial charge in [0.15, 0.2) is 0 Å². The summed E-state index contributed by atoms with van der Waals surface area (Å²) in [4.78, 5) is 0. The van der Waals surface area contributed by atoms with Gasteiger partial charge in [0.1, 0.15) is 6.26 Å². The molecule has 0 radical (unpaired) electrons. The molecular formula is C6H5F7O. The molecule has 0 bridgehead atoms. The van der Waals surface area contributed by atoms with Crippen LogP contribution in [0, 0.1) is 0 Å². The van der Waals surface area contributed by atoms with Crippen LogP contribution in [0.25, 0.3) is 0 Å². The number of methoxy groups -OCH3 is 1. The highest BCUT2D eigenvalue weighted by atomic mass is 19.3. The number of ether oxygens (including phenoxy) is 1. The number of rotatable bonds is 4. The lowest BCUT2D eigenvalue weighted by atomic mass is 10.1. The van der Waals surface area contributed by atoms with Crippen LogP contribution in [0.15, 0.2) is 12.1 Å². The van der Waals surface area contributed by atoms with Crippen molar-refractivity contribution in [1.82, 2.24) is 0 Å². The normalized spacial score (nSPS) is 14.8. The van der Waals surface area contributed by atoms with Crippen LogP contribution in [0.1, 0.15) is 0 Å². The van der Waals surface area contributed by atoms with E-state index in [0.717, 1.165) is 0 Å². The molecule has 0 rings (SSSR count). The van der Waals surface area contributed by atoms with Crippen molar-refractivity contribution >= 4 is 0 Å². The van der Waals surface area contributed by atoms with E-state index in [1.165, 1.54) is 0 Å². The van der Waals surface area contributed by atoms with Crippen molar-refractivity contribution < 1.29 is 35.5 Å². The first-order chi connectivity index (χ1) is 6.17. The molecule has 0 saturated carbocycles. The first-order valence-electron chi connectivity index (χ1n) is 3.10. The maximum atomic E-state index is 12.3. The summed E-state index contributed by atoms with van der Waals surface area (Å²) in [7, 11) is 0.705. The number of hydrogen-bond acceptors (Lipinski definition) is 1. The molecule has 0 aliphatic heterocycles. The van der Waals surface area contributed by atoms with E-state index in [4.69, 9.17) is 0 Å². The van der Waals surface area contributed by atoms with E-state index in [9.17, 15) is 30.7 Å². The summed E-state index contributed by atoms with van der Waals surface area (Å²) >= 11 is 0. The smallest absolute Gasteiger partial charge is 0.376 e. The van der Waals surface area contributed by atoms with E-state index in [-0.39, 0.29) is 6.26 Å². The van der Waals surface area contributed by atoms with E-state index in [1.54, 1.807) is 0 Å². The molecular weight excluding hydrogens is 221 g/mol. The monoisotopic (exact) mass is 226 g/mol. The summed E-state index contributed by atoms with van der Waals surface area (Å²) in [5.41, 5.74) is 0. The topological polar surface area (TPSA) is 9.23 Å². The van der Waals surface area contributed by atoms with Crippen molar-refractivity contribution in [3.05, 3.63) is 12.1 Å². The van der Waals surface area contributed by atoms with Gasteiger partial charge >= 0.3 is 18.3 Å². The van der Waals surface area contributed by atoms with Crippen molar-refractivity contribution in [2.24, 2.45) is 0 Å². The Morgan fingerprint density at radius 1 is 1.21 bits per heavy atom. The lowest BCUT2D eigenvalue weighted by Gasteiger charge is -2.23. The first kappa shape index (κ1) is 13.0. The van der Waals surface area contributed by atoms with Gasteiger partial charge in [-0.3, -0.25) is 0 Å². The molecule has 0 heterocycles.